The molecule has 4 aromatic heterocycles. The van der Waals surface area contributed by atoms with E-state index in [-0.39, 0.29) is 5.69 Å². The second-order valence-corrected chi connectivity index (χ2v) is 8.08. The van der Waals surface area contributed by atoms with E-state index in [1.807, 2.05) is 60.3 Å². The van der Waals surface area contributed by atoms with Crippen LogP contribution in [0, 0.1) is 6.92 Å². The number of aromatic nitrogens is 6. The van der Waals surface area contributed by atoms with Crippen molar-refractivity contribution in [1.82, 2.24) is 28.7 Å². The van der Waals surface area contributed by atoms with E-state index in [0.717, 1.165) is 50.0 Å². The van der Waals surface area contributed by atoms with Crippen LogP contribution in [0.15, 0.2) is 90.6 Å². The van der Waals surface area contributed by atoms with Crippen molar-refractivity contribution in [2.45, 2.75) is 6.92 Å². The molecule has 6 rings (SSSR count). The molecule has 0 spiro atoms. The topological polar surface area (TPSA) is 70.5 Å². The van der Waals surface area contributed by atoms with Crippen LogP contribution < -0.4 is 5.69 Å². The Kier molecular flexibility index (Phi) is 4.23. The van der Waals surface area contributed by atoms with Crippen molar-refractivity contribution in [2.24, 2.45) is 7.05 Å². The van der Waals surface area contributed by atoms with Crippen molar-refractivity contribution in [3.05, 3.63) is 102 Å². The Labute approximate surface area is 189 Å². The van der Waals surface area contributed by atoms with E-state index in [1.165, 1.54) is 0 Å². The average Bonchev–Trinajstić information content (AvgIpc) is 3.47. The van der Waals surface area contributed by atoms with Gasteiger partial charge < -0.3 is 4.57 Å². The molecule has 2 aromatic carbocycles. The summed E-state index contributed by atoms with van der Waals surface area (Å²) in [5.41, 5.74) is 7.23. The molecule has 33 heavy (non-hydrogen) atoms. The smallest absolute Gasteiger partial charge is 0.306 e. The minimum atomic E-state index is -0.107. The van der Waals surface area contributed by atoms with Crippen LogP contribution >= 0.6 is 0 Å². The zero-order chi connectivity index (χ0) is 22.5. The fourth-order valence-corrected chi connectivity index (χ4v) is 4.40. The van der Waals surface area contributed by atoms with Crippen LogP contribution in [0.2, 0.25) is 0 Å². The lowest BCUT2D eigenvalue weighted by atomic mass is 10.0. The number of aryl methyl sites for hydroxylation is 2. The first-order valence-electron chi connectivity index (χ1n) is 10.6. The number of hydrogen-bond acceptors (Lipinski definition) is 4. The van der Waals surface area contributed by atoms with Crippen molar-refractivity contribution < 1.29 is 0 Å². The standard InChI is InChI=1S/C26H20N6O/c1-17-12-20(31-11-10-28-16-31)6-8-23(17)32-25-21-13-18(19-4-3-9-27-14-19)5-7-22(21)29-15-24(25)30(2)26(32)33/h3-16H,1-2H3. The Bertz CT molecular complexity index is 1690. The molecular weight excluding hydrogens is 412 g/mol. The van der Waals surface area contributed by atoms with Gasteiger partial charge >= 0.3 is 5.69 Å². The Morgan fingerprint density at radius 3 is 2.58 bits per heavy atom. The number of fused-ring (bicyclic) bond motifs is 3. The third-order valence-electron chi connectivity index (χ3n) is 6.10. The summed E-state index contributed by atoms with van der Waals surface area (Å²) in [5.74, 6) is 0. The normalized spacial score (nSPS) is 11.5. The fourth-order valence-electron chi connectivity index (χ4n) is 4.40. The summed E-state index contributed by atoms with van der Waals surface area (Å²) < 4.78 is 5.39. The van der Waals surface area contributed by atoms with E-state index in [4.69, 9.17) is 0 Å². The number of imidazole rings is 2. The van der Waals surface area contributed by atoms with Gasteiger partial charge in [-0.15, -0.1) is 0 Å². The molecule has 0 amide bonds. The zero-order valence-corrected chi connectivity index (χ0v) is 18.2. The van der Waals surface area contributed by atoms with Crippen molar-refractivity contribution >= 4 is 21.9 Å². The van der Waals surface area contributed by atoms with Gasteiger partial charge in [-0.2, -0.15) is 0 Å². The molecule has 7 heteroatoms. The van der Waals surface area contributed by atoms with Crippen LogP contribution in [-0.2, 0) is 7.05 Å². The van der Waals surface area contributed by atoms with Crippen LogP contribution in [0.3, 0.4) is 0 Å². The highest BCUT2D eigenvalue weighted by atomic mass is 16.1. The van der Waals surface area contributed by atoms with Crippen molar-refractivity contribution in [3.63, 3.8) is 0 Å². The second kappa shape index (κ2) is 7.27. The van der Waals surface area contributed by atoms with Crippen LogP contribution in [0.25, 0.3) is 44.4 Å². The molecule has 0 bridgehead atoms. The summed E-state index contributed by atoms with van der Waals surface area (Å²) in [7, 11) is 1.79. The van der Waals surface area contributed by atoms with Gasteiger partial charge in [-0.05, 0) is 54.4 Å². The summed E-state index contributed by atoms with van der Waals surface area (Å²) in [6, 6.07) is 16.1. The Morgan fingerprint density at radius 2 is 1.82 bits per heavy atom. The van der Waals surface area contributed by atoms with Crippen LogP contribution in [0.5, 0.6) is 0 Å². The van der Waals surface area contributed by atoms with E-state index < -0.39 is 0 Å². The molecule has 0 saturated heterocycles. The second-order valence-electron chi connectivity index (χ2n) is 8.08. The van der Waals surface area contributed by atoms with E-state index in [1.54, 1.807) is 41.1 Å². The molecule has 0 aliphatic heterocycles. The van der Waals surface area contributed by atoms with Crippen LogP contribution in [0.4, 0.5) is 0 Å². The molecule has 0 atom stereocenters. The largest absolute Gasteiger partial charge is 0.333 e. The maximum Gasteiger partial charge on any atom is 0.333 e. The van der Waals surface area contributed by atoms with Gasteiger partial charge in [0, 0.05) is 48.5 Å². The summed E-state index contributed by atoms with van der Waals surface area (Å²) >= 11 is 0. The lowest BCUT2D eigenvalue weighted by Crippen LogP contribution is -2.21. The molecule has 160 valence electrons. The molecule has 7 nitrogen and oxygen atoms in total. The Hall–Kier alpha value is -4.52. The third-order valence-corrected chi connectivity index (χ3v) is 6.10. The molecular formula is C26H20N6O. The number of pyridine rings is 2. The summed E-state index contributed by atoms with van der Waals surface area (Å²) in [6.07, 6.45) is 10.8. The fraction of sp³-hybridized carbons (Fsp3) is 0.0769. The van der Waals surface area contributed by atoms with Gasteiger partial charge in [0.1, 0.15) is 0 Å². The number of nitrogens with zero attached hydrogens (tertiary/aromatic N) is 6. The zero-order valence-electron chi connectivity index (χ0n) is 18.2. The predicted molar refractivity (Wildman–Crippen MR) is 129 cm³/mol. The van der Waals surface area contributed by atoms with Crippen LogP contribution in [-0.4, -0.2) is 28.7 Å². The lowest BCUT2D eigenvalue weighted by molar-refractivity contribution is 0.843. The molecule has 0 aliphatic carbocycles. The first-order valence-corrected chi connectivity index (χ1v) is 10.6. The number of hydrogen-bond donors (Lipinski definition) is 0. The summed E-state index contributed by atoms with van der Waals surface area (Å²) in [5, 5.41) is 0.921. The van der Waals surface area contributed by atoms with Crippen LogP contribution in [0.1, 0.15) is 5.56 Å². The van der Waals surface area contributed by atoms with E-state index in [0.29, 0.717) is 0 Å². The minimum Gasteiger partial charge on any atom is -0.306 e. The highest BCUT2D eigenvalue weighted by Crippen LogP contribution is 2.30. The first kappa shape index (κ1) is 19.2. The van der Waals surface area contributed by atoms with E-state index in [9.17, 15) is 4.79 Å². The molecule has 0 fully saturated rings. The average molecular weight is 432 g/mol. The maximum absolute atomic E-state index is 13.4. The molecule has 6 aromatic rings. The third kappa shape index (κ3) is 2.97. The highest BCUT2D eigenvalue weighted by Gasteiger charge is 2.18. The molecule has 0 N–H and O–H groups in total. The van der Waals surface area contributed by atoms with Gasteiger partial charge in [-0.25, -0.2) is 9.78 Å². The predicted octanol–water partition coefficient (Wildman–Crippen LogP) is 4.43. The molecule has 0 aliphatic rings. The van der Waals surface area contributed by atoms with Gasteiger partial charge in [0.25, 0.3) is 0 Å². The van der Waals surface area contributed by atoms with Gasteiger partial charge in [0.05, 0.1) is 34.8 Å². The molecule has 0 radical (unpaired) electrons. The van der Waals surface area contributed by atoms with Crippen molar-refractivity contribution in [3.8, 4) is 22.5 Å². The highest BCUT2D eigenvalue weighted by molar-refractivity contribution is 6.04. The Balaban J connectivity index is 1.64. The summed E-state index contributed by atoms with van der Waals surface area (Å²) in [4.78, 5) is 26.4. The monoisotopic (exact) mass is 432 g/mol. The van der Waals surface area contributed by atoms with E-state index >= 15 is 0 Å². The quantitative estimate of drug-likeness (QED) is 0.415. The minimum absolute atomic E-state index is 0.107. The Morgan fingerprint density at radius 1 is 0.909 bits per heavy atom. The van der Waals surface area contributed by atoms with Gasteiger partial charge in [-0.1, -0.05) is 12.1 Å². The maximum atomic E-state index is 13.4. The van der Waals surface area contributed by atoms with Crippen molar-refractivity contribution in [1.29, 1.82) is 0 Å². The molecule has 0 unspecified atom stereocenters. The van der Waals surface area contributed by atoms with Crippen molar-refractivity contribution in [2.75, 3.05) is 0 Å². The molecule has 4 heterocycles. The number of rotatable bonds is 3. The summed E-state index contributed by atoms with van der Waals surface area (Å²) in [6.45, 7) is 2.02. The van der Waals surface area contributed by atoms with Gasteiger partial charge in [0.15, 0.2) is 0 Å². The van der Waals surface area contributed by atoms with E-state index in [2.05, 4.69) is 27.1 Å². The number of benzene rings is 2. The SMILES string of the molecule is Cc1cc(-n2ccnc2)ccc1-n1c(=O)n(C)c2cnc3ccc(-c4cccnc4)cc3c21. The molecule has 0 saturated carbocycles. The van der Waals surface area contributed by atoms with Gasteiger partial charge in [0.2, 0.25) is 0 Å². The lowest BCUT2D eigenvalue weighted by Gasteiger charge is -2.12. The first-order chi connectivity index (χ1) is 16.1. The van der Waals surface area contributed by atoms with Gasteiger partial charge in [-0.3, -0.25) is 19.1 Å².